The van der Waals surface area contributed by atoms with E-state index in [2.05, 4.69) is 13.8 Å². The molecule has 0 aliphatic heterocycles. The molecule has 3 nitrogen and oxygen atoms in total. The van der Waals surface area contributed by atoms with Gasteiger partial charge in [-0.1, -0.05) is 19.4 Å². The van der Waals surface area contributed by atoms with Crippen LogP contribution in [-0.2, 0) is 14.3 Å². The van der Waals surface area contributed by atoms with E-state index in [0.717, 1.165) is 37.5 Å². The molecule has 4 rings (SSSR count). The lowest BCUT2D eigenvalue weighted by Crippen LogP contribution is -2.50. The Morgan fingerprint density at radius 3 is 2.79 bits per heavy atom. The molecule has 0 aromatic carbocycles. The highest BCUT2D eigenvalue weighted by Crippen LogP contribution is 2.63. The molecular formula is C21H30O3. The van der Waals surface area contributed by atoms with Gasteiger partial charge < -0.3 is 4.74 Å². The van der Waals surface area contributed by atoms with Crippen molar-refractivity contribution in [1.82, 2.24) is 0 Å². The van der Waals surface area contributed by atoms with E-state index in [1.165, 1.54) is 24.8 Å². The van der Waals surface area contributed by atoms with Gasteiger partial charge in [0, 0.05) is 18.8 Å². The first kappa shape index (κ1) is 16.4. The predicted molar refractivity (Wildman–Crippen MR) is 92.2 cm³/mol. The van der Waals surface area contributed by atoms with Crippen LogP contribution in [0.2, 0.25) is 0 Å². The van der Waals surface area contributed by atoms with Crippen LogP contribution in [0.25, 0.3) is 0 Å². The summed E-state index contributed by atoms with van der Waals surface area (Å²) in [6.07, 6.45) is 9.62. The summed E-state index contributed by atoms with van der Waals surface area (Å²) < 4.78 is 5.72. The SMILES string of the molecule is CC(=O)O[C@@H]1CC[C@@H]2[C@@H]3[C@H](CC[C@@]21C)[C@@H]1CCC(=O)C=C1C[C@H]3C. The van der Waals surface area contributed by atoms with Gasteiger partial charge in [-0.15, -0.1) is 0 Å². The highest BCUT2D eigenvalue weighted by molar-refractivity contribution is 5.91. The van der Waals surface area contributed by atoms with Crippen LogP contribution in [0.3, 0.4) is 0 Å². The van der Waals surface area contributed by atoms with E-state index >= 15 is 0 Å². The van der Waals surface area contributed by atoms with Gasteiger partial charge in [-0.25, -0.2) is 0 Å². The summed E-state index contributed by atoms with van der Waals surface area (Å²) in [5.74, 6) is 3.64. The Kier molecular flexibility index (Phi) is 3.89. The molecule has 0 aromatic heterocycles. The van der Waals surface area contributed by atoms with E-state index in [-0.39, 0.29) is 17.5 Å². The van der Waals surface area contributed by atoms with E-state index < -0.39 is 0 Å². The molecule has 0 N–H and O–H groups in total. The van der Waals surface area contributed by atoms with Crippen LogP contribution >= 0.6 is 0 Å². The molecule has 24 heavy (non-hydrogen) atoms. The number of hydrogen-bond acceptors (Lipinski definition) is 3. The summed E-state index contributed by atoms with van der Waals surface area (Å²) in [6.45, 7) is 6.30. The minimum absolute atomic E-state index is 0.109. The number of carbonyl (C=O) groups excluding carboxylic acids is 2. The maximum Gasteiger partial charge on any atom is 0.302 e. The Balaban J connectivity index is 1.62. The molecule has 0 aromatic rings. The minimum atomic E-state index is -0.128. The number of carbonyl (C=O) groups is 2. The molecular weight excluding hydrogens is 300 g/mol. The van der Waals surface area contributed by atoms with Crippen molar-refractivity contribution < 1.29 is 14.3 Å². The lowest BCUT2D eigenvalue weighted by atomic mass is 9.49. The molecule has 0 amide bonds. The van der Waals surface area contributed by atoms with Crippen LogP contribution in [-0.4, -0.2) is 17.9 Å². The quantitative estimate of drug-likeness (QED) is 0.673. The fraction of sp³-hybridized carbons (Fsp3) is 0.810. The first-order chi connectivity index (χ1) is 11.4. The minimum Gasteiger partial charge on any atom is -0.462 e. The average molecular weight is 330 g/mol. The van der Waals surface area contributed by atoms with E-state index in [0.29, 0.717) is 23.5 Å². The molecule has 0 bridgehead atoms. The number of ketones is 1. The lowest BCUT2D eigenvalue weighted by Gasteiger charge is -2.55. The van der Waals surface area contributed by atoms with Gasteiger partial charge in [-0.3, -0.25) is 9.59 Å². The van der Waals surface area contributed by atoms with Crippen LogP contribution in [0.5, 0.6) is 0 Å². The first-order valence-electron chi connectivity index (χ1n) is 9.80. The van der Waals surface area contributed by atoms with E-state index in [1.54, 1.807) is 6.92 Å². The first-order valence-corrected chi connectivity index (χ1v) is 9.80. The van der Waals surface area contributed by atoms with Gasteiger partial charge in [0.25, 0.3) is 0 Å². The largest absolute Gasteiger partial charge is 0.462 e. The van der Waals surface area contributed by atoms with Gasteiger partial charge in [-0.05, 0) is 74.2 Å². The van der Waals surface area contributed by atoms with Crippen LogP contribution in [0.15, 0.2) is 11.6 Å². The Bertz CT molecular complexity index is 592. The van der Waals surface area contributed by atoms with Crippen molar-refractivity contribution in [3.8, 4) is 0 Å². The Labute approximate surface area is 145 Å². The molecule has 3 heteroatoms. The second kappa shape index (κ2) is 5.71. The molecule has 4 aliphatic rings. The van der Waals surface area contributed by atoms with E-state index in [1.807, 2.05) is 6.08 Å². The van der Waals surface area contributed by atoms with E-state index in [9.17, 15) is 9.59 Å². The van der Waals surface area contributed by atoms with Gasteiger partial charge in [-0.2, -0.15) is 0 Å². The number of rotatable bonds is 1. The van der Waals surface area contributed by atoms with Crippen molar-refractivity contribution in [3.63, 3.8) is 0 Å². The third-order valence-corrected chi connectivity index (χ3v) is 7.86. The topological polar surface area (TPSA) is 43.4 Å². The molecule has 3 fully saturated rings. The summed E-state index contributed by atoms with van der Waals surface area (Å²) in [5, 5.41) is 0. The van der Waals surface area contributed by atoms with Crippen molar-refractivity contribution in [3.05, 3.63) is 11.6 Å². The Morgan fingerprint density at radius 1 is 1.25 bits per heavy atom. The van der Waals surface area contributed by atoms with Gasteiger partial charge >= 0.3 is 5.97 Å². The maximum absolute atomic E-state index is 11.8. The van der Waals surface area contributed by atoms with Crippen LogP contribution in [0, 0.1) is 35.0 Å². The zero-order valence-corrected chi connectivity index (χ0v) is 15.2. The van der Waals surface area contributed by atoms with Crippen molar-refractivity contribution in [2.24, 2.45) is 35.0 Å². The van der Waals surface area contributed by atoms with Crippen molar-refractivity contribution in [2.75, 3.05) is 0 Å². The molecule has 0 unspecified atom stereocenters. The second-order valence-electron chi connectivity index (χ2n) is 9.08. The van der Waals surface area contributed by atoms with Crippen LogP contribution in [0.4, 0.5) is 0 Å². The van der Waals surface area contributed by atoms with Gasteiger partial charge in [0.15, 0.2) is 5.78 Å². The molecule has 0 spiro atoms. The summed E-state index contributed by atoms with van der Waals surface area (Å²) in [4.78, 5) is 23.4. The number of fused-ring (bicyclic) bond motifs is 5. The standard InChI is InChI=1S/C21H30O3/c1-12-10-14-11-15(23)4-5-16(14)17-8-9-21(3)18(20(12)17)6-7-19(21)24-13(2)22/h11-12,16-20H,4-10H2,1-3H3/t12-,16-,17-,18-,19-,20+,21+/m1/s1. The molecule has 0 heterocycles. The molecule has 4 aliphatic carbocycles. The van der Waals surface area contributed by atoms with Gasteiger partial charge in [0.2, 0.25) is 0 Å². The molecule has 0 radical (unpaired) electrons. The molecule has 0 saturated heterocycles. The smallest absolute Gasteiger partial charge is 0.302 e. The van der Waals surface area contributed by atoms with Crippen LogP contribution in [0.1, 0.15) is 65.7 Å². The molecule has 7 atom stereocenters. The summed E-state index contributed by atoms with van der Waals surface area (Å²) in [5.41, 5.74) is 1.60. The van der Waals surface area contributed by atoms with E-state index in [4.69, 9.17) is 4.74 Å². The summed E-state index contributed by atoms with van der Waals surface area (Å²) in [6, 6.07) is 0. The van der Waals surface area contributed by atoms with Gasteiger partial charge in [0.1, 0.15) is 6.10 Å². The number of allylic oxidation sites excluding steroid dienone is 1. The average Bonchev–Trinajstić information content (AvgIpc) is 2.83. The van der Waals surface area contributed by atoms with Crippen molar-refractivity contribution in [2.45, 2.75) is 71.8 Å². The fourth-order valence-electron chi connectivity index (χ4n) is 6.93. The highest BCUT2D eigenvalue weighted by Gasteiger charge is 2.58. The third-order valence-electron chi connectivity index (χ3n) is 7.86. The van der Waals surface area contributed by atoms with Crippen molar-refractivity contribution >= 4 is 11.8 Å². The molecule has 3 saturated carbocycles. The maximum atomic E-state index is 11.8. The molecule has 132 valence electrons. The Morgan fingerprint density at radius 2 is 2.04 bits per heavy atom. The Hall–Kier alpha value is -1.12. The second-order valence-corrected chi connectivity index (χ2v) is 9.08. The summed E-state index contributed by atoms with van der Waals surface area (Å²) in [7, 11) is 0. The number of hydrogen-bond donors (Lipinski definition) is 0. The zero-order valence-electron chi connectivity index (χ0n) is 15.2. The zero-order chi connectivity index (χ0) is 17.1. The van der Waals surface area contributed by atoms with Crippen LogP contribution < -0.4 is 0 Å². The highest BCUT2D eigenvalue weighted by atomic mass is 16.5. The van der Waals surface area contributed by atoms with Crippen molar-refractivity contribution in [1.29, 1.82) is 0 Å². The fourth-order valence-corrected chi connectivity index (χ4v) is 6.93. The number of ether oxygens (including phenoxy) is 1. The monoisotopic (exact) mass is 330 g/mol. The number of esters is 1. The predicted octanol–water partition coefficient (Wildman–Crippen LogP) is 4.31. The summed E-state index contributed by atoms with van der Waals surface area (Å²) >= 11 is 0. The lowest BCUT2D eigenvalue weighted by molar-refractivity contribution is -0.157. The third kappa shape index (κ3) is 2.38. The van der Waals surface area contributed by atoms with Gasteiger partial charge in [0.05, 0.1) is 0 Å². The normalized spacial score (nSPS) is 47.3.